The van der Waals surface area contributed by atoms with E-state index in [-0.39, 0.29) is 6.04 Å². The van der Waals surface area contributed by atoms with Gasteiger partial charge in [0.25, 0.3) is 0 Å². The van der Waals surface area contributed by atoms with Crippen LogP contribution in [0.3, 0.4) is 0 Å². The third kappa shape index (κ3) is 1.81. The smallest absolute Gasteiger partial charge is 0.124 e. The standard InChI is InChI=1S/C13H16N2O/c1-10(15-9-8-14-11(15)2)12-6-4-5-7-13(12)16-3/h4-10H,1-3H3. The van der Waals surface area contributed by atoms with Crippen LogP contribution in [0.4, 0.5) is 0 Å². The molecule has 84 valence electrons. The molecular formula is C13H16N2O. The van der Waals surface area contributed by atoms with Gasteiger partial charge in [-0.2, -0.15) is 0 Å². The van der Waals surface area contributed by atoms with Crippen molar-refractivity contribution in [1.29, 1.82) is 0 Å². The zero-order valence-electron chi connectivity index (χ0n) is 9.84. The van der Waals surface area contributed by atoms with E-state index < -0.39 is 0 Å². The summed E-state index contributed by atoms with van der Waals surface area (Å²) in [6, 6.07) is 8.32. The van der Waals surface area contributed by atoms with E-state index >= 15 is 0 Å². The molecule has 0 amide bonds. The fourth-order valence-electron chi connectivity index (χ4n) is 1.96. The van der Waals surface area contributed by atoms with E-state index in [0.717, 1.165) is 11.6 Å². The van der Waals surface area contributed by atoms with Gasteiger partial charge in [-0.15, -0.1) is 0 Å². The highest BCUT2D eigenvalue weighted by molar-refractivity contribution is 5.36. The molecule has 0 saturated heterocycles. The van der Waals surface area contributed by atoms with Gasteiger partial charge in [-0.25, -0.2) is 4.98 Å². The van der Waals surface area contributed by atoms with E-state index in [9.17, 15) is 0 Å². The van der Waals surface area contributed by atoms with Crippen LogP contribution in [0.25, 0.3) is 0 Å². The van der Waals surface area contributed by atoms with Gasteiger partial charge >= 0.3 is 0 Å². The van der Waals surface area contributed by atoms with Crippen molar-refractivity contribution in [3.8, 4) is 5.75 Å². The molecule has 3 heteroatoms. The van der Waals surface area contributed by atoms with Gasteiger partial charge in [0.15, 0.2) is 0 Å². The molecular weight excluding hydrogens is 200 g/mol. The van der Waals surface area contributed by atoms with Gasteiger partial charge in [-0.3, -0.25) is 0 Å². The maximum atomic E-state index is 5.37. The molecule has 0 radical (unpaired) electrons. The van der Waals surface area contributed by atoms with E-state index in [1.54, 1.807) is 7.11 Å². The molecule has 0 saturated carbocycles. The topological polar surface area (TPSA) is 27.1 Å². The lowest BCUT2D eigenvalue weighted by Crippen LogP contribution is -2.08. The summed E-state index contributed by atoms with van der Waals surface area (Å²) in [4.78, 5) is 4.24. The maximum absolute atomic E-state index is 5.37. The number of para-hydroxylation sites is 1. The Morgan fingerprint density at radius 2 is 2.06 bits per heavy atom. The normalized spacial score (nSPS) is 12.4. The number of hydrogen-bond acceptors (Lipinski definition) is 2. The largest absolute Gasteiger partial charge is 0.496 e. The third-order valence-electron chi connectivity index (χ3n) is 2.87. The van der Waals surface area contributed by atoms with Crippen LogP contribution in [0.2, 0.25) is 0 Å². The molecule has 0 N–H and O–H groups in total. The minimum Gasteiger partial charge on any atom is -0.496 e. The number of ether oxygens (including phenoxy) is 1. The molecule has 0 aliphatic carbocycles. The number of nitrogens with zero attached hydrogens (tertiary/aromatic N) is 2. The van der Waals surface area contributed by atoms with Crippen molar-refractivity contribution < 1.29 is 4.74 Å². The second-order valence-electron chi connectivity index (χ2n) is 3.80. The van der Waals surface area contributed by atoms with Crippen LogP contribution in [-0.2, 0) is 0 Å². The van der Waals surface area contributed by atoms with Crippen LogP contribution in [-0.4, -0.2) is 16.7 Å². The highest BCUT2D eigenvalue weighted by Crippen LogP contribution is 2.27. The monoisotopic (exact) mass is 216 g/mol. The number of aryl methyl sites for hydroxylation is 1. The van der Waals surface area contributed by atoms with Crippen molar-refractivity contribution in [3.63, 3.8) is 0 Å². The van der Waals surface area contributed by atoms with Gasteiger partial charge in [0.1, 0.15) is 11.6 Å². The van der Waals surface area contributed by atoms with Crippen molar-refractivity contribution in [3.05, 3.63) is 48.0 Å². The molecule has 0 aliphatic rings. The van der Waals surface area contributed by atoms with Crippen LogP contribution in [0, 0.1) is 6.92 Å². The molecule has 1 unspecified atom stereocenters. The van der Waals surface area contributed by atoms with Crippen LogP contribution >= 0.6 is 0 Å². The van der Waals surface area contributed by atoms with E-state index in [0.29, 0.717) is 0 Å². The lowest BCUT2D eigenvalue weighted by molar-refractivity contribution is 0.403. The summed E-state index contributed by atoms with van der Waals surface area (Å²) in [7, 11) is 1.70. The van der Waals surface area contributed by atoms with Gasteiger partial charge in [-0.1, -0.05) is 18.2 Å². The molecule has 1 aromatic carbocycles. The summed E-state index contributed by atoms with van der Waals surface area (Å²) in [5, 5.41) is 0. The summed E-state index contributed by atoms with van der Waals surface area (Å²) >= 11 is 0. The number of imidazole rings is 1. The lowest BCUT2D eigenvalue weighted by Gasteiger charge is -2.18. The molecule has 3 nitrogen and oxygen atoms in total. The molecule has 2 rings (SSSR count). The Morgan fingerprint density at radius 1 is 1.31 bits per heavy atom. The molecule has 0 aliphatic heterocycles. The quantitative estimate of drug-likeness (QED) is 0.788. The van der Waals surface area contributed by atoms with E-state index in [1.807, 2.05) is 37.5 Å². The second-order valence-corrected chi connectivity index (χ2v) is 3.80. The summed E-state index contributed by atoms with van der Waals surface area (Å²) in [5.41, 5.74) is 1.17. The van der Waals surface area contributed by atoms with E-state index in [2.05, 4.69) is 22.5 Å². The number of rotatable bonds is 3. The average molecular weight is 216 g/mol. The Balaban J connectivity index is 2.41. The zero-order chi connectivity index (χ0) is 11.5. The first-order valence-electron chi connectivity index (χ1n) is 5.36. The zero-order valence-corrected chi connectivity index (χ0v) is 9.84. The summed E-state index contributed by atoms with van der Waals surface area (Å²) in [6.07, 6.45) is 3.81. The highest BCUT2D eigenvalue weighted by Gasteiger charge is 2.13. The van der Waals surface area contributed by atoms with Crippen LogP contribution in [0.5, 0.6) is 5.75 Å². The Bertz CT molecular complexity index is 476. The Kier molecular flexibility index (Phi) is 2.95. The highest BCUT2D eigenvalue weighted by atomic mass is 16.5. The minimum absolute atomic E-state index is 0.235. The van der Waals surface area contributed by atoms with Gasteiger partial charge in [0, 0.05) is 18.0 Å². The molecule has 1 atom stereocenters. The second kappa shape index (κ2) is 4.39. The predicted molar refractivity (Wildman–Crippen MR) is 63.8 cm³/mol. The minimum atomic E-state index is 0.235. The van der Waals surface area contributed by atoms with Crippen molar-refractivity contribution in [2.45, 2.75) is 19.9 Å². The van der Waals surface area contributed by atoms with E-state index in [1.165, 1.54) is 5.56 Å². The fraction of sp³-hybridized carbons (Fsp3) is 0.308. The number of hydrogen-bond donors (Lipinski definition) is 0. The maximum Gasteiger partial charge on any atom is 0.124 e. The van der Waals surface area contributed by atoms with Crippen LogP contribution in [0.1, 0.15) is 24.4 Å². The first kappa shape index (κ1) is 10.7. The predicted octanol–water partition coefficient (Wildman–Crippen LogP) is 2.81. The Hall–Kier alpha value is -1.77. The summed E-state index contributed by atoms with van der Waals surface area (Å²) in [6.45, 7) is 4.15. The summed E-state index contributed by atoms with van der Waals surface area (Å²) in [5.74, 6) is 1.93. The van der Waals surface area contributed by atoms with E-state index in [4.69, 9.17) is 4.74 Å². The first-order chi connectivity index (χ1) is 7.74. The van der Waals surface area contributed by atoms with Crippen molar-refractivity contribution in [2.24, 2.45) is 0 Å². The molecule has 16 heavy (non-hydrogen) atoms. The molecule has 0 fully saturated rings. The summed E-state index contributed by atoms with van der Waals surface area (Å²) < 4.78 is 7.51. The molecule has 0 bridgehead atoms. The first-order valence-corrected chi connectivity index (χ1v) is 5.36. The van der Waals surface area contributed by atoms with Crippen LogP contribution < -0.4 is 4.74 Å². The molecule has 1 aromatic heterocycles. The molecule has 1 heterocycles. The molecule has 2 aromatic rings. The number of benzene rings is 1. The van der Waals surface area contributed by atoms with Gasteiger partial charge < -0.3 is 9.30 Å². The van der Waals surface area contributed by atoms with Crippen molar-refractivity contribution in [2.75, 3.05) is 7.11 Å². The fourth-order valence-corrected chi connectivity index (χ4v) is 1.96. The van der Waals surface area contributed by atoms with Crippen molar-refractivity contribution >= 4 is 0 Å². The Morgan fingerprint density at radius 3 is 2.69 bits per heavy atom. The average Bonchev–Trinajstić information content (AvgIpc) is 2.74. The SMILES string of the molecule is COc1ccccc1C(C)n1ccnc1C. The van der Waals surface area contributed by atoms with Gasteiger partial charge in [0.05, 0.1) is 13.2 Å². The lowest BCUT2D eigenvalue weighted by atomic mass is 10.1. The van der Waals surface area contributed by atoms with Crippen LogP contribution in [0.15, 0.2) is 36.7 Å². The number of methoxy groups -OCH3 is 1. The molecule has 0 spiro atoms. The van der Waals surface area contributed by atoms with Gasteiger partial charge in [-0.05, 0) is 19.9 Å². The number of aromatic nitrogens is 2. The Labute approximate surface area is 95.7 Å². The third-order valence-corrected chi connectivity index (χ3v) is 2.87. The van der Waals surface area contributed by atoms with Gasteiger partial charge in [0.2, 0.25) is 0 Å². The van der Waals surface area contributed by atoms with Crippen molar-refractivity contribution in [1.82, 2.24) is 9.55 Å².